The Labute approximate surface area is 119 Å². The lowest BCUT2D eigenvalue weighted by Crippen LogP contribution is -2.36. The molecule has 1 aromatic carbocycles. The molecule has 0 atom stereocenters. The summed E-state index contributed by atoms with van der Waals surface area (Å²) in [6.07, 6.45) is 10.6. The summed E-state index contributed by atoms with van der Waals surface area (Å²) >= 11 is 0. The zero-order chi connectivity index (χ0) is 14.0. The summed E-state index contributed by atoms with van der Waals surface area (Å²) in [6.45, 7) is 0.504. The summed E-state index contributed by atoms with van der Waals surface area (Å²) in [6, 6.07) is 4.32. The van der Waals surface area contributed by atoms with E-state index in [9.17, 15) is 8.78 Å². The van der Waals surface area contributed by atoms with Gasteiger partial charge in [-0.1, -0.05) is 18.9 Å². The maximum atomic E-state index is 13.6. The molecule has 2 aliphatic rings. The van der Waals surface area contributed by atoms with Crippen LogP contribution in [0.3, 0.4) is 0 Å². The first-order chi connectivity index (χ1) is 9.67. The number of hydrogen-bond donors (Lipinski definition) is 1. The van der Waals surface area contributed by atoms with Crippen molar-refractivity contribution in [1.29, 1.82) is 0 Å². The summed E-state index contributed by atoms with van der Waals surface area (Å²) in [7, 11) is 0. The van der Waals surface area contributed by atoms with Crippen LogP contribution in [-0.2, 0) is 6.54 Å². The number of benzene rings is 1. The van der Waals surface area contributed by atoms with E-state index < -0.39 is 11.6 Å². The number of hydrogen-bond acceptors (Lipinski definition) is 1. The maximum Gasteiger partial charge on any atom is 0.130 e. The lowest BCUT2D eigenvalue weighted by atomic mass is 9.71. The van der Waals surface area contributed by atoms with Gasteiger partial charge in [-0.15, -0.1) is 0 Å². The van der Waals surface area contributed by atoms with Crippen LogP contribution in [0.2, 0.25) is 0 Å². The third-order valence-corrected chi connectivity index (χ3v) is 5.31. The Kier molecular flexibility index (Phi) is 4.06. The summed E-state index contributed by atoms with van der Waals surface area (Å²) in [5.41, 5.74) is 1.20. The normalized spacial score (nSPS) is 22.5. The van der Waals surface area contributed by atoms with Gasteiger partial charge in [-0.05, 0) is 50.0 Å². The molecule has 1 aromatic rings. The largest absolute Gasteiger partial charge is 0.310 e. The van der Waals surface area contributed by atoms with Gasteiger partial charge in [0.1, 0.15) is 11.6 Å². The molecule has 0 bridgehead atoms. The second-order valence-corrected chi connectivity index (χ2v) is 6.60. The molecular formula is C17H23F2N. The van der Waals surface area contributed by atoms with E-state index in [0.717, 1.165) is 6.07 Å². The van der Waals surface area contributed by atoms with Crippen molar-refractivity contribution in [3.63, 3.8) is 0 Å². The molecule has 0 aromatic heterocycles. The monoisotopic (exact) mass is 279 g/mol. The molecule has 0 amide bonds. The molecular weight excluding hydrogens is 256 g/mol. The van der Waals surface area contributed by atoms with Crippen LogP contribution >= 0.6 is 0 Å². The Morgan fingerprint density at radius 1 is 1.05 bits per heavy atom. The quantitative estimate of drug-likeness (QED) is 0.855. The molecule has 20 heavy (non-hydrogen) atoms. The Morgan fingerprint density at radius 2 is 1.75 bits per heavy atom. The highest BCUT2D eigenvalue weighted by Crippen LogP contribution is 2.48. The van der Waals surface area contributed by atoms with Crippen LogP contribution in [0.15, 0.2) is 18.2 Å². The van der Waals surface area contributed by atoms with Crippen LogP contribution < -0.4 is 5.32 Å². The van der Waals surface area contributed by atoms with E-state index in [1.165, 1.54) is 57.4 Å². The van der Waals surface area contributed by atoms with Gasteiger partial charge in [0, 0.05) is 24.2 Å². The Hall–Kier alpha value is -0.960. The van der Waals surface area contributed by atoms with Gasteiger partial charge in [-0.2, -0.15) is 0 Å². The molecule has 3 rings (SSSR count). The van der Waals surface area contributed by atoms with Crippen molar-refractivity contribution in [2.75, 3.05) is 0 Å². The third kappa shape index (κ3) is 3.03. The fourth-order valence-electron chi connectivity index (χ4n) is 3.98. The predicted octanol–water partition coefficient (Wildman–Crippen LogP) is 4.56. The second-order valence-electron chi connectivity index (χ2n) is 6.60. The Bertz CT molecular complexity index is 456. The highest BCUT2D eigenvalue weighted by molar-refractivity contribution is 5.18. The molecule has 1 N–H and O–H groups in total. The maximum absolute atomic E-state index is 13.6. The van der Waals surface area contributed by atoms with Gasteiger partial charge in [-0.3, -0.25) is 0 Å². The lowest BCUT2D eigenvalue weighted by Gasteiger charge is -2.37. The van der Waals surface area contributed by atoms with Crippen LogP contribution in [0.4, 0.5) is 8.78 Å². The van der Waals surface area contributed by atoms with Crippen molar-refractivity contribution in [2.24, 2.45) is 5.41 Å². The molecule has 0 saturated heterocycles. The van der Waals surface area contributed by atoms with Gasteiger partial charge >= 0.3 is 0 Å². The van der Waals surface area contributed by atoms with Gasteiger partial charge in [0.15, 0.2) is 0 Å². The smallest absolute Gasteiger partial charge is 0.130 e. The molecule has 110 valence electrons. The first-order valence-electron chi connectivity index (χ1n) is 7.84. The number of nitrogens with one attached hydrogen (secondary N) is 1. The van der Waals surface area contributed by atoms with E-state index in [4.69, 9.17) is 0 Å². The molecule has 1 nitrogen and oxygen atoms in total. The van der Waals surface area contributed by atoms with E-state index in [1.807, 2.05) is 0 Å². The van der Waals surface area contributed by atoms with E-state index in [1.54, 1.807) is 6.07 Å². The van der Waals surface area contributed by atoms with Crippen molar-refractivity contribution in [3.8, 4) is 0 Å². The van der Waals surface area contributed by atoms with Gasteiger partial charge in [0.05, 0.1) is 0 Å². The zero-order valence-electron chi connectivity index (χ0n) is 11.9. The first kappa shape index (κ1) is 14.0. The predicted molar refractivity (Wildman–Crippen MR) is 76.4 cm³/mol. The Morgan fingerprint density at radius 3 is 2.40 bits per heavy atom. The number of halogens is 2. The van der Waals surface area contributed by atoms with E-state index in [2.05, 4.69) is 5.32 Å². The fourth-order valence-corrected chi connectivity index (χ4v) is 3.98. The lowest BCUT2D eigenvalue weighted by molar-refractivity contribution is 0.168. The Balaban J connectivity index is 1.50. The van der Waals surface area contributed by atoms with Crippen molar-refractivity contribution >= 4 is 0 Å². The molecule has 2 aliphatic carbocycles. The van der Waals surface area contributed by atoms with Gasteiger partial charge in [0.2, 0.25) is 0 Å². The van der Waals surface area contributed by atoms with Crippen molar-refractivity contribution in [1.82, 2.24) is 5.32 Å². The number of rotatable bonds is 3. The summed E-state index contributed by atoms with van der Waals surface area (Å²) in [5, 5.41) is 3.44. The van der Waals surface area contributed by atoms with Crippen molar-refractivity contribution in [3.05, 3.63) is 35.4 Å². The molecule has 0 radical (unpaired) electrons. The molecule has 2 saturated carbocycles. The summed E-state index contributed by atoms with van der Waals surface area (Å²) in [5.74, 6) is -0.951. The third-order valence-electron chi connectivity index (χ3n) is 5.31. The average molecular weight is 279 g/mol. The minimum Gasteiger partial charge on any atom is -0.310 e. The molecule has 1 spiro atoms. The zero-order valence-corrected chi connectivity index (χ0v) is 11.9. The van der Waals surface area contributed by atoms with Crippen LogP contribution in [0.1, 0.15) is 56.9 Å². The molecule has 0 aliphatic heterocycles. The average Bonchev–Trinajstić information content (AvgIpc) is 2.88. The van der Waals surface area contributed by atoms with E-state index in [0.29, 0.717) is 23.6 Å². The van der Waals surface area contributed by atoms with Crippen molar-refractivity contribution < 1.29 is 8.78 Å². The standard InChI is InChI=1S/C17H23F2N/c18-14-4-3-13(16(19)11-14)12-20-15-5-9-17(10-6-15)7-1-2-8-17/h3-4,11,15,20H,1-2,5-10,12H2. The van der Waals surface area contributed by atoms with Crippen LogP contribution in [0.5, 0.6) is 0 Å². The molecule has 0 heterocycles. The molecule has 3 heteroatoms. The second kappa shape index (κ2) is 5.80. The molecule has 2 fully saturated rings. The van der Waals surface area contributed by atoms with Gasteiger partial charge in [-0.25, -0.2) is 8.78 Å². The van der Waals surface area contributed by atoms with Crippen LogP contribution in [-0.4, -0.2) is 6.04 Å². The van der Waals surface area contributed by atoms with Crippen molar-refractivity contribution in [2.45, 2.75) is 64.0 Å². The topological polar surface area (TPSA) is 12.0 Å². The van der Waals surface area contributed by atoms with E-state index >= 15 is 0 Å². The molecule has 0 unspecified atom stereocenters. The summed E-state index contributed by atoms with van der Waals surface area (Å²) < 4.78 is 26.4. The van der Waals surface area contributed by atoms with Gasteiger partial charge < -0.3 is 5.32 Å². The highest BCUT2D eigenvalue weighted by Gasteiger charge is 2.37. The van der Waals surface area contributed by atoms with Crippen LogP contribution in [0, 0.1) is 17.0 Å². The summed E-state index contributed by atoms with van der Waals surface area (Å²) in [4.78, 5) is 0. The minimum absolute atomic E-state index is 0.444. The first-order valence-corrected chi connectivity index (χ1v) is 7.84. The fraction of sp³-hybridized carbons (Fsp3) is 0.647. The minimum atomic E-state index is -0.507. The van der Waals surface area contributed by atoms with Crippen LogP contribution in [0.25, 0.3) is 0 Å². The SMILES string of the molecule is Fc1ccc(CNC2CCC3(CCCC3)CC2)c(F)c1. The highest BCUT2D eigenvalue weighted by atomic mass is 19.1. The van der Waals surface area contributed by atoms with Gasteiger partial charge in [0.25, 0.3) is 0 Å². The van der Waals surface area contributed by atoms with E-state index in [-0.39, 0.29) is 0 Å².